The van der Waals surface area contributed by atoms with E-state index in [9.17, 15) is 8.42 Å². The maximum atomic E-state index is 12.3. The van der Waals surface area contributed by atoms with E-state index in [2.05, 4.69) is 0 Å². The molecule has 2 aromatic rings. The molecule has 0 aromatic carbocycles. The van der Waals surface area contributed by atoms with Crippen molar-refractivity contribution < 1.29 is 12.8 Å². The van der Waals surface area contributed by atoms with E-state index < -0.39 is 10.0 Å². The van der Waals surface area contributed by atoms with Crippen molar-refractivity contribution >= 4 is 21.4 Å². The summed E-state index contributed by atoms with van der Waals surface area (Å²) in [7, 11) is -1.85. The quantitative estimate of drug-likeness (QED) is 0.848. The summed E-state index contributed by atoms with van der Waals surface area (Å²) in [6.45, 7) is 2.25. The molecule has 0 aliphatic rings. The Labute approximate surface area is 111 Å². The van der Waals surface area contributed by atoms with E-state index in [1.807, 2.05) is 13.0 Å². The SMILES string of the molecule is CCc1ccc(S(=O)(=O)N(C)Cc2ccco2)s1. The third-order valence-electron chi connectivity index (χ3n) is 2.61. The standard InChI is InChI=1S/C12H15NO3S2/c1-3-11-6-7-12(17-11)18(14,15)13(2)9-10-5-4-8-16-10/h4-8H,3,9H2,1-2H3. The van der Waals surface area contributed by atoms with Gasteiger partial charge in [-0.15, -0.1) is 11.3 Å². The first-order valence-corrected chi connectivity index (χ1v) is 7.87. The van der Waals surface area contributed by atoms with E-state index >= 15 is 0 Å². The molecule has 0 saturated heterocycles. The summed E-state index contributed by atoms with van der Waals surface area (Å²) in [6, 6.07) is 7.03. The summed E-state index contributed by atoms with van der Waals surface area (Å²) >= 11 is 1.32. The predicted octanol–water partition coefficient (Wildman–Crippen LogP) is 2.72. The van der Waals surface area contributed by atoms with E-state index in [1.165, 1.54) is 21.9 Å². The number of thiophene rings is 1. The van der Waals surface area contributed by atoms with Crippen LogP contribution in [0.5, 0.6) is 0 Å². The molecule has 0 aliphatic heterocycles. The van der Waals surface area contributed by atoms with Gasteiger partial charge in [0.25, 0.3) is 10.0 Å². The molecule has 4 nitrogen and oxygen atoms in total. The summed E-state index contributed by atoms with van der Waals surface area (Å²) in [5, 5.41) is 0. The van der Waals surface area contributed by atoms with Gasteiger partial charge in [0.05, 0.1) is 12.8 Å². The van der Waals surface area contributed by atoms with E-state index in [-0.39, 0.29) is 6.54 Å². The minimum absolute atomic E-state index is 0.245. The van der Waals surface area contributed by atoms with Crippen molar-refractivity contribution in [3.63, 3.8) is 0 Å². The van der Waals surface area contributed by atoms with Crippen molar-refractivity contribution in [2.45, 2.75) is 24.1 Å². The van der Waals surface area contributed by atoms with Gasteiger partial charge in [0, 0.05) is 11.9 Å². The van der Waals surface area contributed by atoms with Crippen LogP contribution in [0.3, 0.4) is 0 Å². The highest BCUT2D eigenvalue weighted by molar-refractivity contribution is 7.91. The number of furan rings is 1. The van der Waals surface area contributed by atoms with Gasteiger partial charge >= 0.3 is 0 Å². The van der Waals surface area contributed by atoms with Crippen LogP contribution in [0.2, 0.25) is 0 Å². The van der Waals surface area contributed by atoms with Gasteiger partial charge in [-0.2, -0.15) is 4.31 Å². The first kappa shape index (κ1) is 13.3. The number of hydrogen-bond acceptors (Lipinski definition) is 4. The molecule has 98 valence electrons. The number of nitrogens with zero attached hydrogens (tertiary/aromatic N) is 1. The van der Waals surface area contributed by atoms with Crippen LogP contribution in [-0.2, 0) is 23.0 Å². The van der Waals surface area contributed by atoms with Crippen molar-refractivity contribution in [1.82, 2.24) is 4.31 Å². The first-order valence-electron chi connectivity index (χ1n) is 5.61. The minimum atomic E-state index is -3.41. The van der Waals surface area contributed by atoms with E-state index in [0.29, 0.717) is 9.97 Å². The van der Waals surface area contributed by atoms with Gasteiger partial charge in [0.1, 0.15) is 9.97 Å². The third-order valence-corrected chi connectivity index (χ3v) is 6.11. The second-order valence-electron chi connectivity index (χ2n) is 3.91. The molecule has 0 bridgehead atoms. The van der Waals surface area contributed by atoms with Crippen LogP contribution >= 0.6 is 11.3 Å². The van der Waals surface area contributed by atoms with Gasteiger partial charge in [0.2, 0.25) is 0 Å². The fourth-order valence-corrected chi connectivity index (χ4v) is 4.19. The lowest BCUT2D eigenvalue weighted by atomic mass is 10.4. The molecule has 0 N–H and O–H groups in total. The number of sulfonamides is 1. The highest BCUT2D eigenvalue weighted by atomic mass is 32.2. The van der Waals surface area contributed by atoms with Gasteiger partial charge in [-0.3, -0.25) is 0 Å². The van der Waals surface area contributed by atoms with Crippen molar-refractivity contribution in [3.8, 4) is 0 Å². The highest BCUT2D eigenvalue weighted by Gasteiger charge is 2.23. The van der Waals surface area contributed by atoms with Gasteiger partial charge in [-0.05, 0) is 30.7 Å². The minimum Gasteiger partial charge on any atom is -0.468 e. The Kier molecular flexibility index (Phi) is 3.89. The van der Waals surface area contributed by atoms with E-state index in [0.717, 1.165) is 11.3 Å². The first-order chi connectivity index (χ1) is 8.54. The molecule has 0 saturated carbocycles. The molecule has 0 unspecified atom stereocenters. The summed E-state index contributed by atoms with van der Waals surface area (Å²) in [4.78, 5) is 1.07. The molecule has 2 aromatic heterocycles. The maximum Gasteiger partial charge on any atom is 0.252 e. The normalized spacial score (nSPS) is 12.2. The second kappa shape index (κ2) is 5.26. The lowest BCUT2D eigenvalue weighted by Crippen LogP contribution is -2.25. The smallest absolute Gasteiger partial charge is 0.252 e. The second-order valence-corrected chi connectivity index (χ2v) is 7.35. The van der Waals surface area contributed by atoms with Crippen LogP contribution in [0.25, 0.3) is 0 Å². The Hall–Kier alpha value is -1.11. The van der Waals surface area contributed by atoms with Crippen LogP contribution in [-0.4, -0.2) is 19.8 Å². The zero-order valence-electron chi connectivity index (χ0n) is 10.3. The van der Waals surface area contributed by atoms with Crippen molar-refractivity contribution in [1.29, 1.82) is 0 Å². The topological polar surface area (TPSA) is 50.5 Å². The predicted molar refractivity (Wildman–Crippen MR) is 71.1 cm³/mol. The van der Waals surface area contributed by atoms with Gasteiger partial charge < -0.3 is 4.42 Å². The summed E-state index contributed by atoms with van der Waals surface area (Å²) in [5.74, 6) is 0.633. The van der Waals surface area contributed by atoms with Crippen molar-refractivity contribution in [3.05, 3.63) is 41.2 Å². The molecule has 0 aliphatic carbocycles. The number of hydrogen-bond donors (Lipinski definition) is 0. The van der Waals surface area contributed by atoms with Crippen LogP contribution in [0.1, 0.15) is 17.6 Å². The molecule has 0 atom stereocenters. The Morgan fingerprint density at radius 1 is 1.33 bits per heavy atom. The highest BCUT2D eigenvalue weighted by Crippen LogP contribution is 2.25. The number of aryl methyl sites for hydroxylation is 1. The zero-order chi connectivity index (χ0) is 13.2. The Balaban J connectivity index is 2.19. The van der Waals surface area contributed by atoms with Crippen molar-refractivity contribution in [2.24, 2.45) is 0 Å². The average molecular weight is 285 g/mol. The Morgan fingerprint density at radius 2 is 2.11 bits per heavy atom. The van der Waals surface area contributed by atoms with Crippen LogP contribution < -0.4 is 0 Å². The van der Waals surface area contributed by atoms with Crippen LogP contribution in [0.4, 0.5) is 0 Å². The van der Waals surface area contributed by atoms with Crippen LogP contribution in [0.15, 0.2) is 39.2 Å². The van der Waals surface area contributed by atoms with E-state index in [4.69, 9.17) is 4.42 Å². The number of rotatable bonds is 5. The molecular formula is C12H15NO3S2. The molecular weight excluding hydrogens is 270 g/mol. The molecule has 0 amide bonds. The Bertz CT molecular complexity index is 599. The van der Waals surface area contributed by atoms with Crippen LogP contribution in [0, 0.1) is 0 Å². The molecule has 2 rings (SSSR count). The molecule has 6 heteroatoms. The summed E-state index contributed by atoms with van der Waals surface area (Å²) in [5.41, 5.74) is 0. The van der Waals surface area contributed by atoms with Gasteiger partial charge in [0.15, 0.2) is 0 Å². The third kappa shape index (κ3) is 2.66. The summed E-state index contributed by atoms with van der Waals surface area (Å²) in [6.07, 6.45) is 2.39. The molecule has 2 heterocycles. The lowest BCUT2D eigenvalue weighted by molar-refractivity contribution is 0.407. The molecule has 18 heavy (non-hydrogen) atoms. The summed E-state index contributed by atoms with van der Waals surface area (Å²) < 4.78 is 31.4. The van der Waals surface area contributed by atoms with Gasteiger partial charge in [-0.1, -0.05) is 6.92 Å². The fourth-order valence-electron chi connectivity index (χ4n) is 1.55. The average Bonchev–Trinajstić information content (AvgIpc) is 2.99. The maximum absolute atomic E-state index is 12.3. The Morgan fingerprint density at radius 3 is 2.67 bits per heavy atom. The molecule has 0 spiro atoms. The van der Waals surface area contributed by atoms with E-state index in [1.54, 1.807) is 25.2 Å². The molecule has 0 radical (unpaired) electrons. The lowest BCUT2D eigenvalue weighted by Gasteiger charge is -2.14. The largest absolute Gasteiger partial charge is 0.468 e. The fraction of sp³-hybridized carbons (Fsp3) is 0.333. The monoisotopic (exact) mass is 285 g/mol. The van der Waals surface area contributed by atoms with Crippen molar-refractivity contribution in [2.75, 3.05) is 7.05 Å². The van der Waals surface area contributed by atoms with Gasteiger partial charge in [-0.25, -0.2) is 8.42 Å². The molecule has 0 fully saturated rings. The zero-order valence-corrected chi connectivity index (χ0v) is 11.9.